The third-order valence-electron chi connectivity index (χ3n) is 6.06. The monoisotopic (exact) mass is 438 g/mol. The van der Waals surface area contributed by atoms with Gasteiger partial charge in [-0.05, 0) is 24.8 Å². The maximum atomic E-state index is 12.7. The Morgan fingerprint density at radius 2 is 1.81 bits per heavy atom. The molecule has 0 saturated carbocycles. The molecule has 9 nitrogen and oxygen atoms in total. The summed E-state index contributed by atoms with van der Waals surface area (Å²) in [5.41, 5.74) is 1.15. The molecular formula is C23H30N6O3. The summed E-state index contributed by atoms with van der Waals surface area (Å²) in [6, 6.07) is 10.2. The molecule has 0 atom stereocenters. The Morgan fingerprint density at radius 3 is 2.50 bits per heavy atom. The third-order valence-corrected chi connectivity index (χ3v) is 6.06. The molecule has 1 aliphatic rings. The first-order valence-electron chi connectivity index (χ1n) is 11.3. The number of carbonyl (C=O) groups is 1. The number of amides is 1. The number of imidazole rings is 1. The van der Waals surface area contributed by atoms with Crippen LogP contribution in [0.2, 0.25) is 0 Å². The van der Waals surface area contributed by atoms with E-state index in [9.17, 15) is 14.4 Å². The maximum absolute atomic E-state index is 12.7. The summed E-state index contributed by atoms with van der Waals surface area (Å²) in [5, 5.41) is 0. The number of benzene rings is 1. The molecule has 170 valence electrons. The molecule has 3 heterocycles. The Hall–Kier alpha value is -3.36. The molecule has 0 spiro atoms. The van der Waals surface area contributed by atoms with Gasteiger partial charge in [0.1, 0.15) is 0 Å². The Balaban J connectivity index is 1.62. The summed E-state index contributed by atoms with van der Waals surface area (Å²) >= 11 is 0. The van der Waals surface area contributed by atoms with Crippen molar-refractivity contribution in [1.29, 1.82) is 0 Å². The van der Waals surface area contributed by atoms with E-state index in [0.29, 0.717) is 56.3 Å². The smallest absolute Gasteiger partial charge is 0.329 e. The molecule has 1 amide bonds. The fourth-order valence-electron chi connectivity index (χ4n) is 4.29. The number of hydrogen-bond donors (Lipinski definition) is 1. The van der Waals surface area contributed by atoms with Crippen molar-refractivity contribution in [1.82, 2.24) is 24.0 Å². The van der Waals surface area contributed by atoms with Crippen LogP contribution in [0.25, 0.3) is 11.2 Å². The van der Waals surface area contributed by atoms with E-state index in [0.717, 1.165) is 19.3 Å². The van der Waals surface area contributed by atoms with E-state index in [4.69, 9.17) is 4.98 Å². The van der Waals surface area contributed by atoms with E-state index in [-0.39, 0.29) is 5.91 Å². The van der Waals surface area contributed by atoms with Gasteiger partial charge in [0.15, 0.2) is 11.2 Å². The van der Waals surface area contributed by atoms with Crippen LogP contribution in [0.5, 0.6) is 0 Å². The van der Waals surface area contributed by atoms with Gasteiger partial charge in [-0.2, -0.15) is 4.98 Å². The molecule has 1 aromatic carbocycles. The lowest BCUT2D eigenvalue weighted by Gasteiger charge is -2.35. The SMILES string of the molecule is CCCC(=O)N1CCN(c2nc3c(c(=O)[nH]c(=O)n3C)n2CCCc2ccccc2)CC1. The molecule has 0 bridgehead atoms. The number of nitrogens with zero attached hydrogens (tertiary/aromatic N) is 5. The predicted octanol–water partition coefficient (Wildman–Crippen LogP) is 1.50. The Bertz CT molecular complexity index is 1200. The van der Waals surface area contributed by atoms with Gasteiger partial charge in [-0.15, -0.1) is 0 Å². The summed E-state index contributed by atoms with van der Waals surface area (Å²) in [5.74, 6) is 0.865. The first kappa shape index (κ1) is 21.9. The average Bonchev–Trinajstić information content (AvgIpc) is 3.19. The van der Waals surface area contributed by atoms with Crippen LogP contribution in [0, 0.1) is 0 Å². The lowest BCUT2D eigenvalue weighted by molar-refractivity contribution is -0.131. The number of nitrogens with one attached hydrogen (secondary N) is 1. The fraction of sp³-hybridized carbons (Fsp3) is 0.478. The van der Waals surface area contributed by atoms with Crippen molar-refractivity contribution in [2.45, 2.75) is 39.2 Å². The fourth-order valence-corrected chi connectivity index (χ4v) is 4.29. The van der Waals surface area contributed by atoms with Gasteiger partial charge >= 0.3 is 5.69 Å². The number of aryl methyl sites for hydroxylation is 3. The van der Waals surface area contributed by atoms with E-state index >= 15 is 0 Å². The molecule has 1 saturated heterocycles. The first-order chi connectivity index (χ1) is 15.5. The van der Waals surface area contributed by atoms with E-state index in [1.54, 1.807) is 7.05 Å². The van der Waals surface area contributed by atoms with E-state index in [1.165, 1.54) is 10.1 Å². The lowest BCUT2D eigenvalue weighted by atomic mass is 10.1. The number of piperazine rings is 1. The number of carbonyl (C=O) groups excluding carboxylic acids is 1. The highest BCUT2D eigenvalue weighted by atomic mass is 16.2. The van der Waals surface area contributed by atoms with Gasteiger partial charge in [0.05, 0.1) is 0 Å². The van der Waals surface area contributed by atoms with Crippen LogP contribution in [0.4, 0.5) is 5.95 Å². The highest BCUT2D eigenvalue weighted by molar-refractivity contribution is 5.77. The van der Waals surface area contributed by atoms with Crippen molar-refractivity contribution < 1.29 is 4.79 Å². The van der Waals surface area contributed by atoms with Crippen LogP contribution in [-0.4, -0.2) is 56.1 Å². The second kappa shape index (κ2) is 9.42. The number of aromatic nitrogens is 4. The highest BCUT2D eigenvalue weighted by Crippen LogP contribution is 2.22. The van der Waals surface area contributed by atoms with E-state index in [2.05, 4.69) is 22.0 Å². The van der Waals surface area contributed by atoms with E-state index < -0.39 is 11.2 Å². The summed E-state index contributed by atoms with van der Waals surface area (Å²) in [7, 11) is 1.62. The van der Waals surface area contributed by atoms with Gasteiger partial charge in [0.25, 0.3) is 5.56 Å². The van der Waals surface area contributed by atoms with Crippen molar-refractivity contribution in [3.05, 3.63) is 56.7 Å². The zero-order valence-corrected chi connectivity index (χ0v) is 18.7. The number of fused-ring (bicyclic) bond motifs is 1. The van der Waals surface area contributed by atoms with Gasteiger partial charge in [-0.25, -0.2) is 4.79 Å². The van der Waals surface area contributed by atoms with Gasteiger partial charge < -0.3 is 14.4 Å². The average molecular weight is 439 g/mol. The molecule has 1 aliphatic heterocycles. The first-order valence-corrected chi connectivity index (χ1v) is 11.3. The number of hydrogen-bond acceptors (Lipinski definition) is 5. The van der Waals surface area contributed by atoms with Crippen LogP contribution in [0.15, 0.2) is 39.9 Å². The zero-order chi connectivity index (χ0) is 22.7. The largest absolute Gasteiger partial charge is 0.339 e. The minimum absolute atomic E-state index is 0.183. The molecule has 0 radical (unpaired) electrons. The summed E-state index contributed by atoms with van der Waals surface area (Å²) < 4.78 is 3.31. The molecule has 9 heteroatoms. The molecule has 0 aliphatic carbocycles. The molecular weight excluding hydrogens is 408 g/mol. The van der Waals surface area contributed by atoms with Gasteiger partial charge in [0.2, 0.25) is 11.9 Å². The van der Waals surface area contributed by atoms with Crippen molar-refractivity contribution in [2.24, 2.45) is 7.05 Å². The van der Waals surface area contributed by atoms with Crippen LogP contribution >= 0.6 is 0 Å². The topological polar surface area (TPSA) is 96.2 Å². The normalized spacial score (nSPS) is 14.3. The molecule has 3 aromatic rings. The highest BCUT2D eigenvalue weighted by Gasteiger charge is 2.26. The Kier molecular flexibility index (Phi) is 6.43. The van der Waals surface area contributed by atoms with Gasteiger partial charge in [0, 0.05) is 46.2 Å². The second-order valence-electron chi connectivity index (χ2n) is 8.26. The Morgan fingerprint density at radius 1 is 1.09 bits per heavy atom. The second-order valence-corrected chi connectivity index (χ2v) is 8.26. The van der Waals surface area contributed by atoms with Crippen LogP contribution in [0.3, 0.4) is 0 Å². The summed E-state index contributed by atoms with van der Waals surface area (Å²) in [4.78, 5) is 48.2. The molecule has 1 N–H and O–H groups in total. The number of aromatic amines is 1. The minimum Gasteiger partial charge on any atom is -0.339 e. The molecule has 1 fully saturated rings. The standard InChI is InChI=1S/C23H30N6O3/c1-3-8-18(30)27-13-15-28(16-14-27)22-24-20-19(21(31)25-23(32)26(20)2)29(22)12-7-11-17-9-5-4-6-10-17/h4-6,9-10H,3,7-8,11-16H2,1-2H3,(H,25,31,32). The van der Waals surface area contributed by atoms with Crippen LogP contribution in [0.1, 0.15) is 31.7 Å². The van der Waals surface area contributed by atoms with Crippen molar-refractivity contribution in [2.75, 3.05) is 31.1 Å². The van der Waals surface area contributed by atoms with Crippen molar-refractivity contribution in [3.8, 4) is 0 Å². The summed E-state index contributed by atoms with van der Waals surface area (Å²) in [6.45, 7) is 5.15. The maximum Gasteiger partial charge on any atom is 0.329 e. The van der Waals surface area contributed by atoms with Crippen molar-refractivity contribution >= 4 is 23.0 Å². The third kappa shape index (κ3) is 4.32. The van der Waals surface area contributed by atoms with Crippen LogP contribution in [-0.2, 0) is 24.8 Å². The lowest BCUT2D eigenvalue weighted by Crippen LogP contribution is -2.49. The quantitative estimate of drug-likeness (QED) is 0.603. The predicted molar refractivity (Wildman–Crippen MR) is 124 cm³/mol. The van der Waals surface area contributed by atoms with Gasteiger partial charge in [-0.3, -0.25) is 19.1 Å². The minimum atomic E-state index is -0.474. The molecule has 2 aromatic heterocycles. The number of H-pyrrole nitrogens is 1. The van der Waals surface area contributed by atoms with E-state index in [1.807, 2.05) is 34.6 Å². The summed E-state index contributed by atoms with van der Waals surface area (Å²) in [6.07, 6.45) is 3.12. The molecule has 32 heavy (non-hydrogen) atoms. The zero-order valence-electron chi connectivity index (χ0n) is 18.7. The van der Waals surface area contributed by atoms with Crippen LogP contribution < -0.4 is 16.1 Å². The molecule has 0 unspecified atom stereocenters. The van der Waals surface area contributed by atoms with Crippen molar-refractivity contribution in [3.63, 3.8) is 0 Å². The number of rotatable bonds is 7. The number of anilines is 1. The molecule has 4 rings (SSSR count). The Labute approximate surface area is 186 Å². The van der Waals surface area contributed by atoms with Gasteiger partial charge in [-0.1, -0.05) is 37.3 Å².